The fraction of sp³-hybridized carbons (Fsp3) is 0.222. The van der Waals surface area contributed by atoms with Gasteiger partial charge in [-0.3, -0.25) is 9.78 Å². The molecule has 2 N–H and O–H groups in total. The van der Waals surface area contributed by atoms with Crippen molar-refractivity contribution in [2.45, 2.75) is 6.18 Å². The van der Waals surface area contributed by atoms with Gasteiger partial charge < -0.3 is 10.5 Å². The quantitative estimate of drug-likeness (QED) is 0.845. The molecule has 0 fully saturated rings. The summed E-state index contributed by atoms with van der Waals surface area (Å²) >= 11 is 0. The molecule has 0 bridgehead atoms. The van der Waals surface area contributed by atoms with Crippen LogP contribution in [0.4, 0.5) is 13.2 Å². The van der Waals surface area contributed by atoms with Crippen molar-refractivity contribution in [3.05, 3.63) is 30.4 Å². The first-order valence-corrected chi connectivity index (χ1v) is 4.16. The Bertz CT molecular complexity index is 362. The molecule has 87 valence electrons. The van der Waals surface area contributed by atoms with Crippen LogP contribution in [0.3, 0.4) is 0 Å². The Morgan fingerprint density at radius 1 is 1.50 bits per heavy atom. The zero-order valence-electron chi connectivity index (χ0n) is 7.99. The maximum absolute atomic E-state index is 11.8. The summed E-state index contributed by atoms with van der Waals surface area (Å²) in [5.74, 6) is -0.713. The van der Waals surface area contributed by atoms with E-state index in [0.29, 0.717) is 0 Å². The van der Waals surface area contributed by atoms with Crippen molar-refractivity contribution < 1.29 is 22.7 Å². The fourth-order valence-corrected chi connectivity index (χ4v) is 0.873. The third-order valence-electron chi connectivity index (χ3n) is 1.45. The van der Waals surface area contributed by atoms with Gasteiger partial charge in [-0.15, -0.1) is 0 Å². The molecule has 0 spiro atoms. The lowest BCUT2D eigenvalue weighted by Crippen LogP contribution is -2.19. The van der Waals surface area contributed by atoms with Crippen LogP contribution in [0.1, 0.15) is 5.69 Å². The van der Waals surface area contributed by atoms with Gasteiger partial charge in [-0.25, -0.2) is 0 Å². The third kappa shape index (κ3) is 4.63. The normalized spacial score (nSPS) is 11.2. The lowest BCUT2D eigenvalue weighted by molar-refractivity contribution is -0.153. The van der Waals surface area contributed by atoms with E-state index >= 15 is 0 Å². The SMILES string of the molecule is NC(=O)[CH]c1ccc(OCC(F)(F)F)cn1. The van der Waals surface area contributed by atoms with Crippen LogP contribution in [0.2, 0.25) is 0 Å². The summed E-state index contributed by atoms with van der Waals surface area (Å²) in [6.07, 6.45) is -2.26. The van der Waals surface area contributed by atoms with Gasteiger partial charge in [0.05, 0.1) is 18.3 Å². The van der Waals surface area contributed by atoms with Crippen molar-refractivity contribution in [3.63, 3.8) is 0 Å². The first-order chi connectivity index (χ1) is 7.37. The molecule has 1 amide bonds. The summed E-state index contributed by atoms with van der Waals surface area (Å²) in [7, 11) is 0. The molecule has 0 aliphatic heterocycles. The highest BCUT2D eigenvalue weighted by molar-refractivity contribution is 5.86. The van der Waals surface area contributed by atoms with Crippen LogP contribution in [0, 0.1) is 6.42 Å². The van der Waals surface area contributed by atoms with Crippen LogP contribution in [0.5, 0.6) is 5.75 Å². The number of carbonyl (C=O) groups is 1. The van der Waals surface area contributed by atoms with E-state index in [0.717, 1.165) is 12.6 Å². The fourth-order valence-electron chi connectivity index (χ4n) is 0.873. The number of hydrogen-bond acceptors (Lipinski definition) is 3. The van der Waals surface area contributed by atoms with E-state index in [4.69, 9.17) is 5.73 Å². The summed E-state index contributed by atoms with van der Waals surface area (Å²) in [5, 5.41) is 0. The number of hydrogen-bond donors (Lipinski definition) is 1. The molecule has 1 rings (SSSR count). The smallest absolute Gasteiger partial charge is 0.422 e. The number of primary amides is 1. The molecule has 16 heavy (non-hydrogen) atoms. The van der Waals surface area contributed by atoms with E-state index in [9.17, 15) is 18.0 Å². The second kappa shape index (κ2) is 4.82. The highest BCUT2D eigenvalue weighted by Crippen LogP contribution is 2.17. The number of ether oxygens (including phenoxy) is 1. The van der Waals surface area contributed by atoms with E-state index in [1.165, 1.54) is 12.1 Å². The van der Waals surface area contributed by atoms with Crippen LogP contribution >= 0.6 is 0 Å². The van der Waals surface area contributed by atoms with Gasteiger partial charge in [0, 0.05) is 0 Å². The molecule has 1 radical (unpaired) electrons. The molecule has 0 aromatic carbocycles. The average Bonchev–Trinajstić information content (AvgIpc) is 2.14. The van der Waals surface area contributed by atoms with Crippen LogP contribution in [-0.4, -0.2) is 23.7 Å². The van der Waals surface area contributed by atoms with E-state index in [1.54, 1.807) is 0 Å². The average molecular weight is 233 g/mol. The number of alkyl halides is 3. The zero-order chi connectivity index (χ0) is 12.2. The molecule has 1 aromatic heterocycles. The number of halogens is 3. The number of amides is 1. The maximum atomic E-state index is 11.8. The van der Waals surface area contributed by atoms with Gasteiger partial charge in [-0.1, -0.05) is 0 Å². The summed E-state index contributed by atoms with van der Waals surface area (Å²) in [5.41, 5.74) is 5.12. The molecular weight excluding hydrogens is 225 g/mol. The summed E-state index contributed by atoms with van der Waals surface area (Å²) in [4.78, 5) is 14.1. The molecular formula is C9H8F3N2O2. The minimum Gasteiger partial charge on any atom is -0.483 e. The Hall–Kier alpha value is -1.79. The molecule has 1 aromatic rings. The van der Waals surface area contributed by atoms with Crippen molar-refractivity contribution in [3.8, 4) is 5.75 Å². The molecule has 1 heterocycles. The Labute approximate surface area is 89.2 Å². The molecule has 0 unspecified atom stereocenters. The molecule has 0 aliphatic rings. The minimum absolute atomic E-state index is 0.0288. The van der Waals surface area contributed by atoms with E-state index < -0.39 is 18.7 Å². The van der Waals surface area contributed by atoms with Crippen LogP contribution in [0.15, 0.2) is 18.3 Å². The monoisotopic (exact) mass is 233 g/mol. The van der Waals surface area contributed by atoms with Gasteiger partial charge in [0.2, 0.25) is 5.91 Å². The third-order valence-corrected chi connectivity index (χ3v) is 1.45. The number of carbonyl (C=O) groups excluding carboxylic acids is 1. The first-order valence-electron chi connectivity index (χ1n) is 4.16. The second-order valence-electron chi connectivity index (χ2n) is 2.87. The van der Waals surface area contributed by atoms with Gasteiger partial charge in [0.1, 0.15) is 5.75 Å². The number of nitrogens with zero attached hydrogens (tertiary/aromatic N) is 1. The van der Waals surface area contributed by atoms with Gasteiger partial charge in [-0.2, -0.15) is 13.2 Å². The Kier molecular flexibility index (Phi) is 3.70. The zero-order valence-corrected chi connectivity index (χ0v) is 7.99. The van der Waals surface area contributed by atoms with Gasteiger partial charge >= 0.3 is 6.18 Å². The van der Waals surface area contributed by atoms with E-state index in [1.807, 2.05) is 0 Å². The van der Waals surface area contributed by atoms with Crippen LogP contribution in [-0.2, 0) is 4.79 Å². The van der Waals surface area contributed by atoms with Gasteiger partial charge in [0.15, 0.2) is 6.61 Å². The number of nitrogens with two attached hydrogens (primary N) is 1. The van der Waals surface area contributed by atoms with Crippen molar-refractivity contribution >= 4 is 5.91 Å². The highest BCUT2D eigenvalue weighted by atomic mass is 19.4. The Morgan fingerprint density at radius 3 is 2.62 bits per heavy atom. The van der Waals surface area contributed by atoms with Gasteiger partial charge in [0.25, 0.3) is 0 Å². The molecule has 4 nitrogen and oxygen atoms in total. The molecule has 0 atom stereocenters. The standard InChI is InChI=1S/C9H8F3N2O2/c10-9(11,12)5-16-7-2-1-6(14-4-7)3-8(13)15/h1-4H,5H2,(H2,13,15). The summed E-state index contributed by atoms with van der Waals surface area (Å²) in [6, 6.07) is 2.60. The van der Waals surface area contributed by atoms with Crippen LogP contribution < -0.4 is 10.5 Å². The van der Waals surface area contributed by atoms with E-state index in [-0.39, 0.29) is 11.4 Å². The topological polar surface area (TPSA) is 65.2 Å². The molecule has 7 heteroatoms. The number of rotatable bonds is 4. The highest BCUT2D eigenvalue weighted by Gasteiger charge is 2.28. The molecule has 0 saturated carbocycles. The molecule has 0 saturated heterocycles. The Morgan fingerprint density at radius 2 is 2.19 bits per heavy atom. The largest absolute Gasteiger partial charge is 0.483 e. The Balaban J connectivity index is 2.55. The molecule has 0 aliphatic carbocycles. The lowest BCUT2D eigenvalue weighted by Gasteiger charge is -2.08. The second-order valence-corrected chi connectivity index (χ2v) is 2.87. The van der Waals surface area contributed by atoms with E-state index in [2.05, 4.69) is 9.72 Å². The van der Waals surface area contributed by atoms with Crippen molar-refractivity contribution in [2.24, 2.45) is 5.73 Å². The minimum atomic E-state index is -4.39. The maximum Gasteiger partial charge on any atom is 0.422 e. The van der Waals surface area contributed by atoms with Crippen molar-refractivity contribution in [1.29, 1.82) is 0 Å². The number of aromatic nitrogens is 1. The first kappa shape index (κ1) is 12.3. The lowest BCUT2D eigenvalue weighted by atomic mass is 10.2. The van der Waals surface area contributed by atoms with Crippen molar-refractivity contribution in [2.75, 3.05) is 6.61 Å². The van der Waals surface area contributed by atoms with Crippen LogP contribution in [0.25, 0.3) is 0 Å². The van der Waals surface area contributed by atoms with Crippen molar-refractivity contribution in [1.82, 2.24) is 4.98 Å². The van der Waals surface area contributed by atoms with Gasteiger partial charge in [-0.05, 0) is 12.1 Å². The predicted octanol–water partition coefficient (Wildman–Crippen LogP) is 1.06. The number of pyridine rings is 1. The summed E-state index contributed by atoms with van der Waals surface area (Å²) in [6.45, 7) is -1.38. The predicted molar refractivity (Wildman–Crippen MR) is 48.4 cm³/mol. The summed E-state index contributed by atoms with van der Waals surface area (Å²) < 4.78 is 39.8.